The van der Waals surface area contributed by atoms with Gasteiger partial charge in [0, 0.05) is 49.2 Å². The number of piperazine rings is 1. The fourth-order valence-corrected chi connectivity index (χ4v) is 5.09. The number of carbonyl (C=O) groups is 2. The van der Waals surface area contributed by atoms with Crippen LogP contribution in [-0.2, 0) is 24.3 Å². The first-order valence-corrected chi connectivity index (χ1v) is 12.9. The van der Waals surface area contributed by atoms with Gasteiger partial charge in [-0.15, -0.1) is 0 Å². The van der Waals surface area contributed by atoms with Crippen LogP contribution in [0.2, 0.25) is 5.02 Å². The molecule has 1 saturated heterocycles. The zero-order valence-electron chi connectivity index (χ0n) is 21.1. The first kappa shape index (κ1) is 25.5. The predicted octanol–water partition coefficient (Wildman–Crippen LogP) is 3.41. The summed E-state index contributed by atoms with van der Waals surface area (Å²) in [7, 11) is 0. The molecule has 2 aromatic carbocycles. The van der Waals surface area contributed by atoms with Crippen molar-refractivity contribution in [3.05, 3.63) is 99.1 Å². The van der Waals surface area contributed by atoms with E-state index in [1.807, 2.05) is 47.4 Å². The largest absolute Gasteiger partial charge is 0.336 e. The zero-order chi connectivity index (χ0) is 26.6. The average Bonchev–Trinajstić information content (AvgIpc) is 3.31. The summed E-state index contributed by atoms with van der Waals surface area (Å²) in [6, 6.07) is 18.3. The Morgan fingerprint density at radius 1 is 1.08 bits per heavy atom. The normalized spacial score (nSPS) is 15.6. The second-order valence-corrected chi connectivity index (χ2v) is 9.96. The van der Waals surface area contributed by atoms with Crippen LogP contribution in [0.25, 0.3) is 10.9 Å². The molecule has 1 aliphatic rings. The van der Waals surface area contributed by atoms with Gasteiger partial charge in [0.1, 0.15) is 0 Å². The van der Waals surface area contributed by atoms with Crippen molar-refractivity contribution in [2.45, 2.75) is 32.5 Å². The van der Waals surface area contributed by atoms with Crippen LogP contribution >= 0.6 is 11.6 Å². The summed E-state index contributed by atoms with van der Waals surface area (Å²) in [6.07, 6.45) is 2.39. The van der Waals surface area contributed by atoms with E-state index in [1.165, 1.54) is 0 Å². The molecule has 1 fully saturated rings. The number of hydrogen-bond donors (Lipinski definition) is 2. The third-order valence-electron chi connectivity index (χ3n) is 6.93. The number of pyridine rings is 1. The Balaban J connectivity index is 1.22. The van der Waals surface area contributed by atoms with E-state index in [0.29, 0.717) is 44.2 Å². The highest BCUT2D eigenvalue weighted by Crippen LogP contribution is 2.21. The summed E-state index contributed by atoms with van der Waals surface area (Å²) < 4.78 is 1.66. The molecule has 2 aromatic heterocycles. The van der Waals surface area contributed by atoms with E-state index in [2.05, 4.69) is 15.5 Å². The van der Waals surface area contributed by atoms with Gasteiger partial charge in [-0.1, -0.05) is 41.9 Å². The maximum atomic E-state index is 13.0. The van der Waals surface area contributed by atoms with Crippen molar-refractivity contribution in [1.29, 1.82) is 0 Å². The molecule has 10 heteroatoms. The Morgan fingerprint density at radius 3 is 2.63 bits per heavy atom. The van der Waals surface area contributed by atoms with Crippen molar-refractivity contribution in [2.75, 3.05) is 19.6 Å². The fraction of sp³-hybridized carbons (Fsp3) is 0.286. The number of fused-ring (bicyclic) bond motifs is 1. The second-order valence-electron chi connectivity index (χ2n) is 9.52. The second kappa shape index (κ2) is 11.1. The molecular formula is C28H29ClN6O3. The summed E-state index contributed by atoms with van der Waals surface area (Å²) in [4.78, 5) is 41.0. The lowest BCUT2D eigenvalue weighted by Crippen LogP contribution is -2.58. The Hall–Kier alpha value is -4.11. The number of halogens is 1. The molecule has 3 amide bonds. The van der Waals surface area contributed by atoms with E-state index in [1.54, 1.807) is 40.8 Å². The molecule has 1 atom stereocenters. The first-order valence-electron chi connectivity index (χ1n) is 12.5. The molecule has 2 N–H and O–H groups in total. The Bertz CT molecular complexity index is 1510. The lowest BCUT2D eigenvalue weighted by molar-refractivity contribution is -0.133. The van der Waals surface area contributed by atoms with Gasteiger partial charge in [-0.2, -0.15) is 5.10 Å². The molecule has 38 heavy (non-hydrogen) atoms. The van der Waals surface area contributed by atoms with E-state index in [4.69, 9.17) is 11.6 Å². The Labute approximate surface area is 225 Å². The van der Waals surface area contributed by atoms with Crippen molar-refractivity contribution in [2.24, 2.45) is 0 Å². The highest BCUT2D eigenvalue weighted by Gasteiger charge is 2.31. The van der Waals surface area contributed by atoms with Crippen LogP contribution in [-0.4, -0.2) is 62.2 Å². The number of benzene rings is 2. The summed E-state index contributed by atoms with van der Waals surface area (Å²) in [5.41, 5.74) is 3.61. The molecule has 0 bridgehead atoms. The zero-order valence-corrected chi connectivity index (χ0v) is 21.8. The average molecular weight is 533 g/mol. The first-order chi connectivity index (χ1) is 18.4. The van der Waals surface area contributed by atoms with Crippen LogP contribution in [0.3, 0.4) is 0 Å². The van der Waals surface area contributed by atoms with Crippen molar-refractivity contribution in [1.82, 2.24) is 29.9 Å². The number of amides is 3. The molecule has 196 valence electrons. The van der Waals surface area contributed by atoms with Gasteiger partial charge in [-0.3, -0.25) is 14.7 Å². The van der Waals surface area contributed by atoms with E-state index in [9.17, 15) is 14.4 Å². The third kappa shape index (κ3) is 5.73. The Kier molecular flexibility index (Phi) is 7.46. The highest BCUT2D eigenvalue weighted by molar-refractivity contribution is 6.31. The smallest absolute Gasteiger partial charge is 0.317 e. The van der Waals surface area contributed by atoms with E-state index in [0.717, 1.165) is 27.7 Å². The monoisotopic (exact) mass is 532 g/mol. The molecule has 0 spiro atoms. The number of rotatable bonds is 6. The summed E-state index contributed by atoms with van der Waals surface area (Å²) in [6.45, 7) is 3.72. The van der Waals surface area contributed by atoms with E-state index < -0.39 is 0 Å². The van der Waals surface area contributed by atoms with E-state index in [-0.39, 0.29) is 23.5 Å². The lowest BCUT2D eigenvalue weighted by Gasteiger charge is -2.41. The molecular weight excluding hydrogens is 504 g/mol. The number of urea groups is 1. The van der Waals surface area contributed by atoms with Crippen molar-refractivity contribution >= 4 is 34.4 Å². The van der Waals surface area contributed by atoms with Gasteiger partial charge in [0.25, 0.3) is 5.56 Å². The van der Waals surface area contributed by atoms with Crippen LogP contribution in [0.4, 0.5) is 4.79 Å². The minimum absolute atomic E-state index is 0.00376. The van der Waals surface area contributed by atoms with Crippen molar-refractivity contribution < 1.29 is 9.59 Å². The minimum atomic E-state index is -0.188. The van der Waals surface area contributed by atoms with Gasteiger partial charge in [0.15, 0.2) is 0 Å². The number of nitrogens with one attached hydrogen (secondary N) is 2. The standard InChI is InChI=1S/C28H29ClN6O3/c1-19(36)35-13-12-34(28(38)30-16-26-24-15-22(29)9-10-25(24)31-32-26)18-23(35)14-20-5-7-21(8-6-20)17-33-11-3-2-4-27(33)37/h2-11,15,23H,12-14,16-18H2,1H3,(H,30,38)(H,31,32). The molecule has 5 rings (SSSR count). The number of H-pyrrole nitrogens is 1. The van der Waals surface area contributed by atoms with Crippen LogP contribution in [0, 0.1) is 0 Å². The molecule has 1 unspecified atom stereocenters. The molecule has 4 aromatic rings. The third-order valence-corrected chi connectivity index (χ3v) is 7.17. The predicted molar refractivity (Wildman–Crippen MR) is 146 cm³/mol. The van der Waals surface area contributed by atoms with Gasteiger partial charge >= 0.3 is 6.03 Å². The van der Waals surface area contributed by atoms with Crippen molar-refractivity contribution in [3.63, 3.8) is 0 Å². The SMILES string of the molecule is CC(=O)N1CCN(C(=O)NCc2[nH]nc3ccc(Cl)cc23)CC1Cc1ccc(Cn2ccccc2=O)cc1. The number of aromatic amines is 1. The van der Waals surface area contributed by atoms with Gasteiger partial charge in [0.05, 0.1) is 30.3 Å². The van der Waals surface area contributed by atoms with Crippen LogP contribution < -0.4 is 10.9 Å². The lowest BCUT2D eigenvalue weighted by atomic mass is 10.0. The summed E-state index contributed by atoms with van der Waals surface area (Å²) in [5.74, 6) is -0.00376. The highest BCUT2D eigenvalue weighted by atomic mass is 35.5. The molecule has 0 radical (unpaired) electrons. The van der Waals surface area contributed by atoms with Crippen LogP contribution in [0.5, 0.6) is 0 Å². The Morgan fingerprint density at radius 2 is 1.87 bits per heavy atom. The molecule has 1 aliphatic heterocycles. The number of aromatic nitrogens is 3. The molecule has 9 nitrogen and oxygen atoms in total. The molecule has 0 aliphatic carbocycles. The summed E-state index contributed by atoms with van der Waals surface area (Å²) in [5, 5.41) is 11.7. The quantitative estimate of drug-likeness (QED) is 0.397. The maximum absolute atomic E-state index is 13.0. The minimum Gasteiger partial charge on any atom is -0.336 e. The topological polar surface area (TPSA) is 103 Å². The fourth-order valence-electron chi connectivity index (χ4n) is 4.92. The number of hydrogen-bond acceptors (Lipinski definition) is 4. The number of nitrogens with zero attached hydrogens (tertiary/aromatic N) is 4. The van der Waals surface area contributed by atoms with Crippen LogP contribution in [0.1, 0.15) is 23.7 Å². The number of carbonyl (C=O) groups excluding carboxylic acids is 2. The van der Waals surface area contributed by atoms with Crippen molar-refractivity contribution in [3.8, 4) is 0 Å². The van der Waals surface area contributed by atoms with Crippen LogP contribution in [0.15, 0.2) is 71.7 Å². The molecule has 0 saturated carbocycles. The van der Waals surface area contributed by atoms with Gasteiger partial charge in [-0.05, 0) is 41.8 Å². The van der Waals surface area contributed by atoms with Gasteiger partial charge in [0.2, 0.25) is 5.91 Å². The van der Waals surface area contributed by atoms with E-state index >= 15 is 0 Å². The molecule has 3 heterocycles. The van der Waals surface area contributed by atoms with Gasteiger partial charge < -0.3 is 19.7 Å². The van der Waals surface area contributed by atoms with Gasteiger partial charge in [-0.25, -0.2) is 4.79 Å². The summed E-state index contributed by atoms with van der Waals surface area (Å²) >= 11 is 6.12. The maximum Gasteiger partial charge on any atom is 0.317 e.